The van der Waals surface area contributed by atoms with Crippen LogP contribution in [0.4, 0.5) is 11.4 Å². The van der Waals surface area contributed by atoms with E-state index in [1.54, 1.807) is 13.8 Å². The fraction of sp³-hybridized carbons (Fsp3) is 0.611. The van der Waals surface area contributed by atoms with E-state index in [2.05, 4.69) is 10.5 Å². The minimum absolute atomic E-state index is 0.0814. The number of hydrogen-bond donors (Lipinski definition) is 1. The Morgan fingerprint density at radius 1 is 1.11 bits per heavy atom. The van der Waals surface area contributed by atoms with Gasteiger partial charge in [-0.15, -0.1) is 0 Å². The van der Waals surface area contributed by atoms with E-state index in [-0.39, 0.29) is 16.3 Å². The van der Waals surface area contributed by atoms with Gasteiger partial charge in [0.05, 0.1) is 9.82 Å². The molecule has 0 heterocycles. The van der Waals surface area contributed by atoms with Gasteiger partial charge in [-0.3, -0.25) is 15.5 Å². The first-order chi connectivity index (χ1) is 12.9. The standard InChI is InChI=1S/C18H28N4O4S/c1-3-21(4-2)27(25,26)16-12-13-17(18(14-16)22(23)24)20-19-15-10-8-6-5-7-9-11-15/h12-14,20H,3-11H2,1-2H3. The molecule has 150 valence electrons. The molecule has 0 amide bonds. The van der Waals surface area contributed by atoms with Crippen molar-refractivity contribution in [2.75, 3.05) is 18.5 Å². The molecule has 9 heteroatoms. The Balaban J connectivity index is 2.29. The predicted octanol–water partition coefficient (Wildman–Crippen LogP) is 4.14. The Morgan fingerprint density at radius 2 is 1.70 bits per heavy atom. The summed E-state index contributed by atoms with van der Waals surface area (Å²) in [4.78, 5) is 10.8. The third-order valence-corrected chi connectivity index (χ3v) is 6.82. The third-order valence-electron chi connectivity index (χ3n) is 4.77. The number of anilines is 1. The third kappa shape index (κ3) is 5.49. The number of nitro benzene ring substituents is 1. The van der Waals surface area contributed by atoms with Crippen molar-refractivity contribution in [1.29, 1.82) is 0 Å². The lowest BCUT2D eigenvalue weighted by Gasteiger charge is -2.18. The van der Waals surface area contributed by atoms with Gasteiger partial charge in [-0.05, 0) is 37.8 Å². The molecule has 1 N–H and O–H groups in total. The maximum absolute atomic E-state index is 12.6. The second-order valence-electron chi connectivity index (χ2n) is 6.58. The van der Waals surface area contributed by atoms with Crippen LogP contribution in [0.2, 0.25) is 0 Å². The number of hydrogen-bond acceptors (Lipinski definition) is 6. The number of sulfonamides is 1. The molecule has 0 atom stereocenters. The van der Waals surface area contributed by atoms with Gasteiger partial charge in [0.1, 0.15) is 5.69 Å². The van der Waals surface area contributed by atoms with E-state index in [0.717, 1.165) is 37.5 Å². The van der Waals surface area contributed by atoms with Crippen LogP contribution < -0.4 is 5.43 Å². The summed E-state index contributed by atoms with van der Waals surface area (Å²) in [6.45, 7) is 4.08. The second-order valence-corrected chi connectivity index (χ2v) is 8.52. The molecule has 2 rings (SSSR count). The van der Waals surface area contributed by atoms with Crippen LogP contribution in [0.1, 0.15) is 58.8 Å². The zero-order chi connectivity index (χ0) is 19.9. The molecule has 27 heavy (non-hydrogen) atoms. The number of hydrazone groups is 1. The Morgan fingerprint density at radius 3 is 2.26 bits per heavy atom. The van der Waals surface area contributed by atoms with Crippen LogP contribution in [0, 0.1) is 10.1 Å². The predicted molar refractivity (Wildman–Crippen MR) is 107 cm³/mol. The van der Waals surface area contributed by atoms with Crippen LogP contribution in [0.5, 0.6) is 0 Å². The highest BCUT2D eigenvalue weighted by atomic mass is 32.2. The van der Waals surface area contributed by atoms with E-state index in [0.29, 0.717) is 13.1 Å². The number of benzene rings is 1. The fourth-order valence-electron chi connectivity index (χ4n) is 3.19. The Bertz CT molecular complexity index is 779. The lowest BCUT2D eigenvalue weighted by Crippen LogP contribution is -2.30. The zero-order valence-electron chi connectivity index (χ0n) is 16.0. The highest BCUT2D eigenvalue weighted by Crippen LogP contribution is 2.29. The average Bonchev–Trinajstić information content (AvgIpc) is 2.61. The highest BCUT2D eigenvalue weighted by molar-refractivity contribution is 7.89. The minimum atomic E-state index is -3.75. The van der Waals surface area contributed by atoms with Gasteiger partial charge in [-0.1, -0.05) is 33.1 Å². The van der Waals surface area contributed by atoms with Gasteiger partial charge < -0.3 is 0 Å². The van der Waals surface area contributed by atoms with Crippen LogP contribution in [0.15, 0.2) is 28.2 Å². The monoisotopic (exact) mass is 396 g/mol. The first-order valence-electron chi connectivity index (χ1n) is 9.50. The molecule has 1 aromatic rings. The molecule has 1 saturated carbocycles. The van der Waals surface area contributed by atoms with Gasteiger partial charge in [0.2, 0.25) is 10.0 Å². The maximum atomic E-state index is 12.6. The summed E-state index contributed by atoms with van der Waals surface area (Å²) in [5, 5.41) is 15.8. The molecule has 1 fully saturated rings. The van der Waals surface area contributed by atoms with Crippen LogP contribution in [-0.2, 0) is 10.0 Å². The van der Waals surface area contributed by atoms with E-state index in [9.17, 15) is 18.5 Å². The normalized spacial score (nSPS) is 15.9. The van der Waals surface area contributed by atoms with Crippen molar-refractivity contribution in [1.82, 2.24) is 4.31 Å². The van der Waals surface area contributed by atoms with E-state index in [1.807, 2.05) is 0 Å². The van der Waals surface area contributed by atoms with Crippen molar-refractivity contribution in [2.24, 2.45) is 5.10 Å². The topological polar surface area (TPSA) is 105 Å². The molecule has 1 aliphatic carbocycles. The van der Waals surface area contributed by atoms with Crippen molar-refractivity contribution < 1.29 is 13.3 Å². The molecule has 0 aromatic heterocycles. The second kappa shape index (κ2) is 9.80. The van der Waals surface area contributed by atoms with Gasteiger partial charge in [-0.2, -0.15) is 9.41 Å². The fourth-order valence-corrected chi connectivity index (χ4v) is 4.67. The van der Waals surface area contributed by atoms with E-state index < -0.39 is 14.9 Å². The Hall–Kier alpha value is -2.00. The van der Waals surface area contributed by atoms with Crippen molar-refractivity contribution in [3.05, 3.63) is 28.3 Å². The minimum Gasteiger partial charge on any atom is -0.272 e. The first kappa shape index (κ1) is 21.3. The van der Waals surface area contributed by atoms with E-state index in [1.165, 1.54) is 35.7 Å². The summed E-state index contributed by atoms with van der Waals surface area (Å²) < 4.78 is 26.5. The molecule has 0 unspecified atom stereocenters. The molecular weight excluding hydrogens is 368 g/mol. The molecule has 0 saturated heterocycles. The molecular formula is C18H28N4O4S. The number of nitrogens with one attached hydrogen (secondary N) is 1. The largest absolute Gasteiger partial charge is 0.295 e. The van der Waals surface area contributed by atoms with Gasteiger partial charge in [-0.25, -0.2) is 8.42 Å². The molecule has 0 bridgehead atoms. The van der Waals surface area contributed by atoms with Crippen LogP contribution in [0.25, 0.3) is 0 Å². The number of rotatable bonds is 7. The maximum Gasteiger partial charge on any atom is 0.295 e. The molecule has 1 aromatic carbocycles. The molecule has 0 spiro atoms. The van der Waals surface area contributed by atoms with Gasteiger partial charge in [0.15, 0.2) is 0 Å². The Labute approximate surface area is 160 Å². The van der Waals surface area contributed by atoms with E-state index >= 15 is 0 Å². The number of nitrogens with zero attached hydrogens (tertiary/aromatic N) is 3. The van der Waals surface area contributed by atoms with Gasteiger partial charge >= 0.3 is 0 Å². The summed E-state index contributed by atoms with van der Waals surface area (Å²) in [6.07, 6.45) is 7.51. The summed E-state index contributed by atoms with van der Waals surface area (Å²) >= 11 is 0. The first-order valence-corrected chi connectivity index (χ1v) is 10.9. The average molecular weight is 397 g/mol. The summed E-state index contributed by atoms with van der Waals surface area (Å²) in [5.74, 6) is 0. The van der Waals surface area contributed by atoms with Crippen LogP contribution in [0.3, 0.4) is 0 Å². The molecule has 1 aliphatic rings. The smallest absolute Gasteiger partial charge is 0.272 e. The Kier molecular flexibility index (Phi) is 7.73. The van der Waals surface area contributed by atoms with Crippen LogP contribution in [-0.4, -0.2) is 36.4 Å². The lowest BCUT2D eigenvalue weighted by atomic mass is 9.99. The quantitative estimate of drug-likeness (QED) is 0.551. The summed E-state index contributed by atoms with van der Waals surface area (Å²) in [6, 6.07) is 3.91. The van der Waals surface area contributed by atoms with Gasteiger partial charge in [0.25, 0.3) is 5.69 Å². The lowest BCUT2D eigenvalue weighted by molar-refractivity contribution is -0.384. The SMILES string of the molecule is CCN(CC)S(=O)(=O)c1ccc(NN=C2CCCCCCC2)c([N+](=O)[O-])c1. The van der Waals surface area contributed by atoms with Crippen molar-refractivity contribution in [2.45, 2.75) is 63.7 Å². The van der Waals surface area contributed by atoms with E-state index in [4.69, 9.17) is 0 Å². The molecule has 0 aliphatic heterocycles. The zero-order valence-corrected chi connectivity index (χ0v) is 16.8. The molecule has 0 radical (unpaired) electrons. The number of nitro groups is 1. The highest BCUT2D eigenvalue weighted by Gasteiger charge is 2.25. The summed E-state index contributed by atoms with van der Waals surface area (Å²) in [7, 11) is -3.75. The van der Waals surface area contributed by atoms with Crippen molar-refractivity contribution in [3.63, 3.8) is 0 Å². The van der Waals surface area contributed by atoms with Crippen molar-refractivity contribution >= 4 is 27.1 Å². The van der Waals surface area contributed by atoms with Crippen molar-refractivity contribution in [3.8, 4) is 0 Å². The van der Waals surface area contributed by atoms with Gasteiger partial charge in [0, 0.05) is 24.9 Å². The van der Waals surface area contributed by atoms with Crippen LogP contribution >= 0.6 is 0 Å². The summed E-state index contributed by atoms with van der Waals surface area (Å²) in [5.41, 5.74) is 3.70. The molecule has 8 nitrogen and oxygen atoms in total.